The molecule has 0 aromatic heterocycles. The topological polar surface area (TPSA) is 58.6 Å². The van der Waals surface area contributed by atoms with Crippen LogP contribution in [0.15, 0.2) is 42.5 Å². The van der Waals surface area contributed by atoms with Crippen molar-refractivity contribution in [3.05, 3.63) is 59.2 Å². The van der Waals surface area contributed by atoms with Gasteiger partial charge in [0.05, 0.1) is 13.2 Å². The monoisotopic (exact) mass is 408 g/mol. The summed E-state index contributed by atoms with van der Waals surface area (Å²) in [6.07, 6.45) is 5.34. The smallest absolute Gasteiger partial charge is 0.254 e. The molecule has 0 aliphatic carbocycles. The van der Waals surface area contributed by atoms with E-state index in [-0.39, 0.29) is 11.8 Å². The van der Waals surface area contributed by atoms with Gasteiger partial charge in [-0.05, 0) is 48.6 Å². The minimum absolute atomic E-state index is 0.0869. The molecule has 0 saturated carbocycles. The van der Waals surface area contributed by atoms with E-state index in [1.54, 1.807) is 4.90 Å². The molecule has 1 atom stereocenters. The zero-order chi connectivity index (χ0) is 21.5. The Morgan fingerprint density at radius 2 is 1.73 bits per heavy atom. The van der Waals surface area contributed by atoms with Gasteiger partial charge in [-0.1, -0.05) is 51.0 Å². The fourth-order valence-corrected chi connectivity index (χ4v) is 3.74. The van der Waals surface area contributed by atoms with Gasteiger partial charge in [-0.25, -0.2) is 0 Å². The van der Waals surface area contributed by atoms with Crippen LogP contribution in [0.25, 0.3) is 0 Å². The first-order valence-corrected chi connectivity index (χ1v) is 11.0. The van der Waals surface area contributed by atoms with Crippen LogP contribution in [0, 0.1) is 0 Å². The second kappa shape index (κ2) is 10.3. The average molecular weight is 409 g/mol. The average Bonchev–Trinajstić information content (AvgIpc) is 2.98. The zero-order valence-electron chi connectivity index (χ0n) is 18.2. The number of carbonyl (C=O) groups is 2. The fourth-order valence-electron chi connectivity index (χ4n) is 3.74. The summed E-state index contributed by atoms with van der Waals surface area (Å²) in [5.74, 6) is 0.557. The van der Waals surface area contributed by atoms with Crippen molar-refractivity contribution in [3.63, 3.8) is 0 Å². The third-order valence-corrected chi connectivity index (χ3v) is 5.40. The highest BCUT2D eigenvalue weighted by Gasteiger charge is 2.37. The first-order chi connectivity index (χ1) is 14.5. The van der Waals surface area contributed by atoms with Crippen LogP contribution in [-0.2, 0) is 22.6 Å². The third kappa shape index (κ3) is 5.21. The van der Waals surface area contributed by atoms with E-state index in [1.165, 1.54) is 12.5 Å². The van der Waals surface area contributed by atoms with Gasteiger partial charge in [-0.2, -0.15) is 0 Å². The zero-order valence-corrected chi connectivity index (χ0v) is 18.2. The summed E-state index contributed by atoms with van der Waals surface area (Å²) in [6.45, 7) is 6.93. The number of unbranched alkanes of at least 4 members (excludes halogenated alkanes) is 2. The molecule has 160 valence electrons. The molecule has 1 aliphatic rings. The molecule has 0 saturated heterocycles. The van der Waals surface area contributed by atoms with Gasteiger partial charge in [0, 0.05) is 18.2 Å². The van der Waals surface area contributed by atoms with E-state index in [0.717, 1.165) is 54.7 Å². The number of fused-ring (bicyclic) bond motifs is 1. The molecule has 0 bridgehead atoms. The summed E-state index contributed by atoms with van der Waals surface area (Å²) in [5.41, 5.74) is 4.00. The number of anilines is 1. The van der Waals surface area contributed by atoms with E-state index < -0.39 is 6.04 Å². The van der Waals surface area contributed by atoms with Gasteiger partial charge in [-0.15, -0.1) is 0 Å². The summed E-state index contributed by atoms with van der Waals surface area (Å²) >= 11 is 0. The van der Waals surface area contributed by atoms with Crippen molar-refractivity contribution in [2.45, 2.75) is 65.5 Å². The van der Waals surface area contributed by atoms with Crippen LogP contribution < -0.4 is 15.0 Å². The predicted molar refractivity (Wildman–Crippen MR) is 120 cm³/mol. The lowest BCUT2D eigenvalue weighted by Gasteiger charge is -2.18. The number of benzene rings is 2. The van der Waals surface area contributed by atoms with Crippen LogP contribution in [0.1, 0.15) is 69.2 Å². The minimum Gasteiger partial charge on any atom is -0.494 e. The van der Waals surface area contributed by atoms with E-state index in [0.29, 0.717) is 13.2 Å². The lowest BCUT2D eigenvalue weighted by molar-refractivity contribution is -0.126. The first-order valence-electron chi connectivity index (χ1n) is 11.0. The molecule has 0 unspecified atom stereocenters. The molecule has 1 aliphatic heterocycles. The molecule has 30 heavy (non-hydrogen) atoms. The van der Waals surface area contributed by atoms with Crippen LogP contribution in [0.4, 0.5) is 5.69 Å². The largest absolute Gasteiger partial charge is 0.494 e. The van der Waals surface area contributed by atoms with Gasteiger partial charge in [0.25, 0.3) is 5.91 Å². The van der Waals surface area contributed by atoms with E-state index >= 15 is 0 Å². The summed E-state index contributed by atoms with van der Waals surface area (Å²) in [4.78, 5) is 26.7. The van der Waals surface area contributed by atoms with Crippen molar-refractivity contribution >= 4 is 17.5 Å². The minimum atomic E-state index is -0.615. The van der Waals surface area contributed by atoms with Crippen molar-refractivity contribution in [1.29, 1.82) is 0 Å². The molecule has 0 radical (unpaired) electrons. The Morgan fingerprint density at radius 1 is 1.03 bits per heavy atom. The molecule has 0 fully saturated rings. The van der Waals surface area contributed by atoms with Crippen molar-refractivity contribution in [3.8, 4) is 5.75 Å². The number of ether oxygens (including phenoxy) is 1. The van der Waals surface area contributed by atoms with Crippen LogP contribution in [0.5, 0.6) is 5.75 Å². The Morgan fingerprint density at radius 3 is 2.40 bits per heavy atom. The Bertz CT molecular complexity index is 876. The van der Waals surface area contributed by atoms with Crippen molar-refractivity contribution in [1.82, 2.24) is 5.32 Å². The molecule has 1 N–H and O–H groups in total. The lowest BCUT2D eigenvalue weighted by Crippen LogP contribution is -2.36. The molecule has 2 aromatic rings. The van der Waals surface area contributed by atoms with E-state index in [1.807, 2.05) is 30.3 Å². The highest BCUT2D eigenvalue weighted by molar-refractivity contribution is 6.06. The summed E-state index contributed by atoms with van der Waals surface area (Å²) in [5, 5.41) is 2.83. The number of amides is 2. The quantitative estimate of drug-likeness (QED) is 0.567. The van der Waals surface area contributed by atoms with Gasteiger partial charge < -0.3 is 15.0 Å². The number of nitrogens with zero attached hydrogens (tertiary/aromatic N) is 1. The number of rotatable bonds is 10. The van der Waals surface area contributed by atoms with Crippen molar-refractivity contribution < 1.29 is 14.3 Å². The first kappa shape index (κ1) is 21.9. The van der Waals surface area contributed by atoms with E-state index in [9.17, 15) is 9.59 Å². The summed E-state index contributed by atoms with van der Waals surface area (Å²) in [7, 11) is 0. The SMILES string of the molecule is CCCCOc1ccc(CN2C(=O)[C@@H](NC(C)=O)c3cc(CCCC)ccc32)cc1. The molecule has 1 heterocycles. The van der Waals surface area contributed by atoms with Crippen LogP contribution >= 0.6 is 0 Å². The van der Waals surface area contributed by atoms with E-state index in [2.05, 4.69) is 31.3 Å². The lowest BCUT2D eigenvalue weighted by atomic mass is 10.0. The van der Waals surface area contributed by atoms with Crippen LogP contribution in [0.2, 0.25) is 0 Å². The molecule has 2 amide bonds. The van der Waals surface area contributed by atoms with Crippen molar-refractivity contribution in [2.75, 3.05) is 11.5 Å². The second-order valence-electron chi connectivity index (χ2n) is 7.90. The fraction of sp³-hybridized carbons (Fsp3) is 0.440. The maximum atomic E-state index is 13.2. The number of carbonyl (C=O) groups excluding carboxylic acids is 2. The van der Waals surface area contributed by atoms with Gasteiger partial charge in [0.1, 0.15) is 11.8 Å². The molecular formula is C25H32N2O3. The highest BCUT2D eigenvalue weighted by atomic mass is 16.5. The summed E-state index contributed by atoms with van der Waals surface area (Å²) < 4.78 is 5.73. The predicted octanol–water partition coefficient (Wildman–Crippen LogP) is 4.93. The number of aryl methyl sites for hydroxylation is 1. The van der Waals surface area contributed by atoms with Gasteiger partial charge in [-0.3, -0.25) is 9.59 Å². The van der Waals surface area contributed by atoms with E-state index in [4.69, 9.17) is 4.74 Å². The molecule has 3 rings (SSSR count). The number of nitrogens with one attached hydrogen (secondary N) is 1. The normalized spacial score (nSPS) is 15.2. The Hall–Kier alpha value is -2.82. The van der Waals surface area contributed by atoms with Crippen LogP contribution in [0.3, 0.4) is 0 Å². The van der Waals surface area contributed by atoms with Gasteiger partial charge >= 0.3 is 0 Å². The molecular weight excluding hydrogens is 376 g/mol. The number of hydrogen-bond donors (Lipinski definition) is 1. The highest BCUT2D eigenvalue weighted by Crippen LogP contribution is 2.38. The maximum Gasteiger partial charge on any atom is 0.254 e. The van der Waals surface area contributed by atoms with Crippen molar-refractivity contribution in [2.24, 2.45) is 0 Å². The molecule has 5 nitrogen and oxygen atoms in total. The third-order valence-electron chi connectivity index (χ3n) is 5.40. The second-order valence-corrected chi connectivity index (χ2v) is 7.90. The number of hydrogen-bond acceptors (Lipinski definition) is 3. The van der Waals surface area contributed by atoms with Crippen LogP contribution in [-0.4, -0.2) is 18.4 Å². The summed E-state index contributed by atoms with van der Waals surface area (Å²) in [6, 6.07) is 13.5. The van der Waals surface area contributed by atoms with Gasteiger partial charge in [0.15, 0.2) is 0 Å². The standard InChI is InChI=1S/C25H32N2O3/c1-4-6-8-19-11-14-23-22(16-19)24(26-18(3)28)25(29)27(23)17-20-9-12-21(13-10-20)30-15-7-5-2/h9-14,16,24H,4-8,15,17H2,1-3H3,(H,26,28)/t24-/m0/s1. The maximum absolute atomic E-state index is 13.2. The Balaban J connectivity index is 1.80. The molecule has 2 aromatic carbocycles. The molecule has 0 spiro atoms. The molecule has 5 heteroatoms. The Kier molecular flexibility index (Phi) is 7.50. The Labute approximate surface area is 179 Å². The van der Waals surface area contributed by atoms with Gasteiger partial charge in [0.2, 0.25) is 5.91 Å².